The average Bonchev–Trinajstić information content (AvgIpc) is 2.93. The number of rotatable bonds is 6. The van der Waals surface area contributed by atoms with Crippen LogP contribution >= 0.6 is 11.8 Å². The Morgan fingerprint density at radius 2 is 1.78 bits per heavy atom. The third kappa shape index (κ3) is 3.90. The molecule has 0 fully saturated rings. The molecule has 118 valence electrons. The van der Waals surface area contributed by atoms with Crippen molar-refractivity contribution in [3.63, 3.8) is 0 Å². The Labute approximate surface area is 138 Å². The highest BCUT2D eigenvalue weighted by Gasteiger charge is 2.11. The Morgan fingerprint density at radius 1 is 1.04 bits per heavy atom. The molecular weight excluding hydrogens is 313 g/mol. The molecule has 0 aliphatic rings. The number of thioether (sulfide) groups is 1. The first kappa shape index (κ1) is 15.6. The van der Waals surface area contributed by atoms with Crippen molar-refractivity contribution in [1.29, 1.82) is 0 Å². The van der Waals surface area contributed by atoms with Crippen molar-refractivity contribution in [2.45, 2.75) is 17.5 Å². The molecule has 0 amide bonds. The molecule has 1 heterocycles. The molecule has 0 atom stereocenters. The van der Waals surface area contributed by atoms with Crippen LogP contribution in [0.25, 0.3) is 0 Å². The van der Waals surface area contributed by atoms with Crippen molar-refractivity contribution in [1.82, 2.24) is 14.8 Å². The Balaban J connectivity index is 1.62. The predicted octanol–water partition coefficient (Wildman–Crippen LogP) is 3.83. The van der Waals surface area contributed by atoms with Gasteiger partial charge in [0, 0.05) is 12.8 Å². The van der Waals surface area contributed by atoms with Crippen molar-refractivity contribution in [3.8, 4) is 5.75 Å². The summed E-state index contributed by atoms with van der Waals surface area (Å²) in [6, 6.07) is 16.3. The molecule has 0 saturated heterocycles. The summed E-state index contributed by atoms with van der Waals surface area (Å²) in [7, 11) is 1.88. The van der Waals surface area contributed by atoms with Crippen LogP contribution in [0.5, 0.6) is 5.75 Å². The fraction of sp³-hybridized carbons (Fsp3) is 0.176. The fourth-order valence-corrected chi connectivity index (χ4v) is 2.94. The van der Waals surface area contributed by atoms with Gasteiger partial charge >= 0.3 is 0 Å². The smallest absolute Gasteiger partial charge is 0.191 e. The molecule has 6 heteroatoms. The lowest BCUT2D eigenvalue weighted by molar-refractivity contribution is 0.290. The zero-order chi connectivity index (χ0) is 16.1. The van der Waals surface area contributed by atoms with E-state index in [2.05, 4.69) is 10.2 Å². The van der Waals surface area contributed by atoms with Gasteiger partial charge in [0.2, 0.25) is 0 Å². The molecule has 3 rings (SSSR count). The number of hydrogen-bond donors (Lipinski definition) is 0. The van der Waals surface area contributed by atoms with Crippen LogP contribution in [0.2, 0.25) is 0 Å². The monoisotopic (exact) mass is 329 g/mol. The maximum atomic E-state index is 13.6. The van der Waals surface area contributed by atoms with E-state index in [1.807, 2.05) is 48.0 Å². The molecule has 2 aromatic carbocycles. The summed E-state index contributed by atoms with van der Waals surface area (Å²) in [6.07, 6.45) is 0. The number of hydrogen-bond acceptors (Lipinski definition) is 4. The van der Waals surface area contributed by atoms with E-state index in [1.54, 1.807) is 12.1 Å². The molecule has 0 aliphatic heterocycles. The van der Waals surface area contributed by atoms with E-state index in [9.17, 15) is 4.39 Å². The zero-order valence-electron chi connectivity index (χ0n) is 12.6. The van der Waals surface area contributed by atoms with Crippen LogP contribution in [-0.2, 0) is 19.4 Å². The van der Waals surface area contributed by atoms with Crippen molar-refractivity contribution in [2.75, 3.05) is 0 Å². The topological polar surface area (TPSA) is 39.9 Å². The van der Waals surface area contributed by atoms with Crippen molar-refractivity contribution < 1.29 is 9.13 Å². The van der Waals surface area contributed by atoms with Crippen molar-refractivity contribution in [2.24, 2.45) is 7.05 Å². The standard InChI is InChI=1S/C17H16FN3OS/c1-21-16(11-22-14-8-3-2-4-9-14)19-20-17(21)23-12-13-7-5-6-10-15(13)18/h2-10H,11-12H2,1H3. The van der Waals surface area contributed by atoms with E-state index in [0.717, 1.165) is 16.7 Å². The summed E-state index contributed by atoms with van der Waals surface area (Å²) in [5.74, 6) is 1.83. The quantitative estimate of drug-likeness (QED) is 0.645. The van der Waals surface area contributed by atoms with E-state index in [4.69, 9.17) is 4.74 Å². The van der Waals surface area contributed by atoms with Gasteiger partial charge in [-0.15, -0.1) is 10.2 Å². The van der Waals surface area contributed by atoms with Crippen LogP contribution in [0.4, 0.5) is 4.39 Å². The van der Waals surface area contributed by atoms with Gasteiger partial charge in [0.1, 0.15) is 18.2 Å². The van der Waals surface area contributed by atoms with Gasteiger partial charge in [0.05, 0.1) is 0 Å². The van der Waals surface area contributed by atoms with Gasteiger partial charge in [-0.3, -0.25) is 0 Å². The maximum absolute atomic E-state index is 13.6. The lowest BCUT2D eigenvalue weighted by Gasteiger charge is -2.06. The van der Waals surface area contributed by atoms with Crippen LogP contribution in [0, 0.1) is 5.82 Å². The van der Waals surface area contributed by atoms with E-state index in [-0.39, 0.29) is 5.82 Å². The number of halogens is 1. The Hall–Kier alpha value is -2.34. The molecule has 0 N–H and O–H groups in total. The third-order valence-electron chi connectivity index (χ3n) is 3.35. The van der Waals surface area contributed by atoms with Crippen LogP contribution in [0.3, 0.4) is 0 Å². The molecule has 0 radical (unpaired) electrons. The van der Waals surface area contributed by atoms with Gasteiger partial charge in [-0.25, -0.2) is 4.39 Å². The predicted molar refractivity (Wildman–Crippen MR) is 87.7 cm³/mol. The Kier molecular flexibility index (Phi) is 4.92. The first-order valence-corrected chi connectivity index (χ1v) is 8.15. The third-order valence-corrected chi connectivity index (χ3v) is 4.42. The van der Waals surface area contributed by atoms with Gasteiger partial charge in [-0.2, -0.15) is 0 Å². The summed E-state index contributed by atoms with van der Waals surface area (Å²) in [6.45, 7) is 0.341. The second kappa shape index (κ2) is 7.28. The Bertz CT molecular complexity index is 777. The SMILES string of the molecule is Cn1c(COc2ccccc2)nnc1SCc1ccccc1F. The first-order valence-electron chi connectivity index (χ1n) is 7.16. The average molecular weight is 329 g/mol. The number of para-hydroxylation sites is 1. The van der Waals surface area contributed by atoms with E-state index >= 15 is 0 Å². The summed E-state index contributed by atoms with van der Waals surface area (Å²) < 4.78 is 21.2. The lowest BCUT2D eigenvalue weighted by atomic mass is 10.2. The highest BCUT2D eigenvalue weighted by atomic mass is 32.2. The molecule has 0 spiro atoms. The molecule has 0 saturated carbocycles. The molecule has 3 aromatic rings. The van der Waals surface area contributed by atoms with E-state index in [0.29, 0.717) is 17.9 Å². The molecule has 23 heavy (non-hydrogen) atoms. The van der Waals surface area contributed by atoms with Gasteiger partial charge in [0.25, 0.3) is 0 Å². The fourth-order valence-electron chi connectivity index (χ4n) is 2.02. The second-order valence-electron chi connectivity index (χ2n) is 4.94. The van der Waals surface area contributed by atoms with Gasteiger partial charge in [-0.05, 0) is 23.8 Å². The minimum absolute atomic E-state index is 0.199. The molecule has 0 bridgehead atoms. The molecule has 4 nitrogen and oxygen atoms in total. The summed E-state index contributed by atoms with van der Waals surface area (Å²) in [5.41, 5.74) is 0.655. The van der Waals surface area contributed by atoms with Crippen LogP contribution < -0.4 is 4.74 Å². The zero-order valence-corrected chi connectivity index (χ0v) is 13.5. The van der Waals surface area contributed by atoms with Crippen LogP contribution in [0.15, 0.2) is 59.8 Å². The summed E-state index contributed by atoms with van der Waals surface area (Å²) in [4.78, 5) is 0. The number of benzene rings is 2. The van der Waals surface area contributed by atoms with E-state index in [1.165, 1.54) is 17.8 Å². The number of ether oxygens (including phenoxy) is 1. The summed E-state index contributed by atoms with van der Waals surface area (Å²) in [5, 5.41) is 9.02. The van der Waals surface area contributed by atoms with Crippen LogP contribution in [-0.4, -0.2) is 14.8 Å². The van der Waals surface area contributed by atoms with Crippen molar-refractivity contribution in [3.05, 3.63) is 71.8 Å². The van der Waals surface area contributed by atoms with Crippen LogP contribution in [0.1, 0.15) is 11.4 Å². The first-order chi connectivity index (χ1) is 11.2. The molecule has 1 aromatic heterocycles. The Morgan fingerprint density at radius 3 is 2.57 bits per heavy atom. The largest absolute Gasteiger partial charge is 0.486 e. The van der Waals surface area contributed by atoms with Gasteiger partial charge in [-0.1, -0.05) is 48.2 Å². The van der Waals surface area contributed by atoms with E-state index < -0.39 is 0 Å². The minimum atomic E-state index is -0.199. The highest BCUT2D eigenvalue weighted by molar-refractivity contribution is 7.98. The van der Waals surface area contributed by atoms with Crippen molar-refractivity contribution >= 4 is 11.8 Å². The minimum Gasteiger partial charge on any atom is -0.486 e. The number of aromatic nitrogens is 3. The summed E-state index contributed by atoms with van der Waals surface area (Å²) >= 11 is 1.45. The number of nitrogens with zero attached hydrogens (tertiary/aromatic N) is 3. The molecular formula is C17H16FN3OS. The van der Waals surface area contributed by atoms with Gasteiger partial charge in [0.15, 0.2) is 11.0 Å². The molecule has 0 aliphatic carbocycles. The van der Waals surface area contributed by atoms with Gasteiger partial charge < -0.3 is 9.30 Å². The second-order valence-corrected chi connectivity index (χ2v) is 5.88. The maximum Gasteiger partial charge on any atom is 0.191 e. The normalized spacial score (nSPS) is 10.7. The highest BCUT2D eigenvalue weighted by Crippen LogP contribution is 2.23. The lowest BCUT2D eigenvalue weighted by Crippen LogP contribution is -2.04. The molecule has 0 unspecified atom stereocenters.